The van der Waals surface area contributed by atoms with Gasteiger partial charge in [0, 0.05) is 6.54 Å². The van der Waals surface area contributed by atoms with Crippen LogP contribution < -0.4 is 11.1 Å². The van der Waals surface area contributed by atoms with E-state index in [4.69, 9.17) is 5.73 Å². The van der Waals surface area contributed by atoms with E-state index in [0.717, 1.165) is 23.5 Å². The fraction of sp³-hybridized carbons (Fsp3) is 0.455. The highest BCUT2D eigenvalue weighted by molar-refractivity contribution is 5.69. The molecular formula is C11H18N2. The van der Waals surface area contributed by atoms with Crippen LogP contribution in [0.3, 0.4) is 0 Å². The number of anilines is 2. The summed E-state index contributed by atoms with van der Waals surface area (Å²) in [6.07, 6.45) is 0. The van der Waals surface area contributed by atoms with Gasteiger partial charge in [-0.15, -0.1) is 0 Å². The highest BCUT2D eigenvalue weighted by atomic mass is 14.9. The molecule has 0 saturated heterocycles. The quantitative estimate of drug-likeness (QED) is 0.698. The third-order valence-corrected chi connectivity index (χ3v) is 2.02. The molecule has 0 amide bonds. The molecule has 0 aliphatic heterocycles. The number of hydrogen-bond donors (Lipinski definition) is 2. The maximum atomic E-state index is 5.91. The molecule has 1 aromatic carbocycles. The second-order valence-electron chi connectivity index (χ2n) is 3.81. The number of benzene rings is 1. The summed E-state index contributed by atoms with van der Waals surface area (Å²) in [7, 11) is 0. The van der Waals surface area contributed by atoms with Gasteiger partial charge in [0.15, 0.2) is 0 Å². The monoisotopic (exact) mass is 178 g/mol. The summed E-state index contributed by atoms with van der Waals surface area (Å²) < 4.78 is 0. The van der Waals surface area contributed by atoms with Crippen LogP contribution in [0.1, 0.15) is 19.4 Å². The van der Waals surface area contributed by atoms with Crippen molar-refractivity contribution < 1.29 is 0 Å². The summed E-state index contributed by atoms with van der Waals surface area (Å²) in [6, 6.07) is 6.06. The first kappa shape index (κ1) is 9.90. The van der Waals surface area contributed by atoms with Gasteiger partial charge in [-0.05, 0) is 24.5 Å². The largest absolute Gasteiger partial charge is 0.397 e. The molecular weight excluding hydrogens is 160 g/mol. The predicted octanol–water partition coefficient (Wildman–Crippen LogP) is 2.65. The Bertz CT molecular complexity index is 279. The van der Waals surface area contributed by atoms with Gasteiger partial charge >= 0.3 is 0 Å². The highest BCUT2D eigenvalue weighted by Gasteiger charge is 2.00. The zero-order chi connectivity index (χ0) is 9.84. The molecule has 1 rings (SSSR count). The van der Waals surface area contributed by atoms with Crippen molar-refractivity contribution in [2.24, 2.45) is 5.92 Å². The normalized spacial score (nSPS) is 10.5. The average Bonchev–Trinajstić information content (AvgIpc) is 2.07. The first-order chi connectivity index (χ1) is 6.11. The van der Waals surface area contributed by atoms with Crippen LogP contribution in [0.15, 0.2) is 18.2 Å². The molecule has 0 aromatic heterocycles. The fourth-order valence-electron chi connectivity index (χ4n) is 1.15. The van der Waals surface area contributed by atoms with Crippen LogP contribution in [-0.4, -0.2) is 6.54 Å². The molecule has 0 atom stereocenters. The van der Waals surface area contributed by atoms with E-state index in [9.17, 15) is 0 Å². The molecule has 0 heterocycles. The third-order valence-electron chi connectivity index (χ3n) is 2.02. The Kier molecular flexibility index (Phi) is 3.18. The van der Waals surface area contributed by atoms with Crippen molar-refractivity contribution in [3.63, 3.8) is 0 Å². The zero-order valence-electron chi connectivity index (χ0n) is 8.59. The SMILES string of the molecule is Cc1cccc(NCC(C)C)c1N. The maximum absolute atomic E-state index is 5.91. The second kappa shape index (κ2) is 4.17. The molecule has 2 nitrogen and oxygen atoms in total. The molecule has 13 heavy (non-hydrogen) atoms. The van der Waals surface area contributed by atoms with E-state index >= 15 is 0 Å². The maximum Gasteiger partial charge on any atom is 0.0579 e. The number of nitrogens with two attached hydrogens (primary N) is 1. The molecule has 0 saturated carbocycles. The van der Waals surface area contributed by atoms with E-state index in [1.165, 1.54) is 0 Å². The Morgan fingerprint density at radius 3 is 2.69 bits per heavy atom. The zero-order valence-corrected chi connectivity index (χ0v) is 8.59. The molecule has 1 aromatic rings. The van der Waals surface area contributed by atoms with E-state index in [1.54, 1.807) is 0 Å². The summed E-state index contributed by atoms with van der Waals surface area (Å²) in [5.74, 6) is 0.639. The lowest BCUT2D eigenvalue weighted by atomic mass is 10.1. The molecule has 3 N–H and O–H groups in total. The van der Waals surface area contributed by atoms with E-state index in [1.807, 2.05) is 25.1 Å². The minimum absolute atomic E-state index is 0.639. The van der Waals surface area contributed by atoms with Crippen molar-refractivity contribution in [2.75, 3.05) is 17.6 Å². The van der Waals surface area contributed by atoms with Gasteiger partial charge in [-0.1, -0.05) is 26.0 Å². The van der Waals surface area contributed by atoms with Crippen molar-refractivity contribution in [1.82, 2.24) is 0 Å². The van der Waals surface area contributed by atoms with Crippen LogP contribution in [0.4, 0.5) is 11.4 Å². The number of para-hydroxylation sites is 1. The van der Waals surface area contributed by atoms with E-state index < -0.39 is 0 Å². The smallest absolute Gasteiger partial charge is 0.0579 e. The summed E-state index contributed by atoms with van der Waals surface area (Å²) >= 11 is 0. The Balaban J connectivity index is 2.71. The molecule has 0 unspecified atom stereocenters. The summed E-state index contributed by atoms with van der Waals surface area (Å²) in [6.45, 7) is 7.35. The standard InChI is InChI=1S/C11H18N2/c1-8(2)7-13-10-6-4-5-9(3)11(10)12/h4-6,8,13H,7,12H2,1-3H3. The Labute approximate surface area is 80.1 Å². The molecule has 0 radical (unpaired) electrons. The van der Waals surface area contributed by atoms with Crippen LogP contribution in [0, 0.1) is 12.8 Å². The van der Waals surface area contributed by atoms with Gasteiger partial charge in [0.05, 0.1) is 11.4 Å². The van der Waals surface area contributed by atoms with Crippen LogP contribution in [0.25, 0.3) is 0 Å². The molecule has 2 heteroatoms. The first-order valence-corrected chi connectivity index (χ1v) is 4.70. The Hall–Kier alpha value is -1.18. The lowest BCUT2D eigenvalue weighted by Crippen LogP contribution is -2.09. The van der Waals surface area contributed by atoms with Crippen molar-refractivity contribution in [2.45, 2.75) is 20.8 Å². The van der Waals surface area contributed by atoms with Gasteiger partial charge < -0.3 is 11.1 Å². The topological polar surface area (TPSA) is 38.0 Å². The highest BCUT2D eigenvalue weighted by Crippen LogP contribution is 2.21. The van der Waals surface area contributed by atoms with Crippen molar-refractivity contribution >= 4 is 11.4 Å². The number of rotatable bonds is 3. The lowest BCUT2D eigenvalue weighted by Gasteiger charge is -2.12. The minimum atomic E-state index is 0.639. The minimum Gasteiger partial charge on any atom is -0.397 e. The van der Waals surface area contributed by atoms with Crippen LogP contribution in [-0.2, 0) is 0 Å². The van der Waals surface area contributed by atoms with Gasteiger partial charge in [0.25, 0.3) is 0 Å². The Morgan fingerprint density at radius 1 is 1.38 bits per heavy atom. The van der Waals surface area contributed by atoms with Gasteiger partial charge in [-0.3, -0.25) is 0 Å². The molecule has 0 spiro atoms. The van der Waals surface area contributed by atoms with Crippen LogP contribution in [0.2, 0.25) is 0 Å². The molecule has 72 valence electrons. The third kappa shape index (κ3) is 2.65. The number of nitrogens with one attached hydrogen (secondary N) is 1. The van der Waals surface area contributed by atoms with Crippen molar-refractivity contribution in [3.8, 4) is 0 Å². The van der Waals surface area contributed by atoms with Crippen molar-refractivity contribution in [1.29, 1.82) is 0 Å². The molecule has 0 aliphatic rings. The van der Waals surface area contributed by atoms with E-state index in [-0.39, 0.29) is 0 Å². The van der Waals surface area contributed by atoms with Gasteiger partial charge in [0.2, 0.25) is 0 Å². The molecule has 0 aliphatic carbocycles. The first-order valence-electron chi connectivity index (χ1n) is 4.70. The summed E-state index contributed by atoms with van der Waals surface area (Å²) in [4.78, 5) is 0. The lowest BCUT2D eigenvalue weighted by molar-refractivity contribution is 0.689. The number of nitrogen functional groups attached to an aromatic ring is 1. The number of aryl methyl sites for hydroxylation is 1. The summed E-state index contributed by atoms with van der Waals surface area (Å²) in [5, 5.41) is 3.33. The average molecular weight is 178 g/mol. The van der Waals surface area contributed by atoms with Crippen LogP contribution >= 0.6 is 0 Å². The second-order valence-corrected chi connectivity index (χ2v) is 3.81. The number of hydrogen-bond acceptors (Lipinski definition) is 2. The van der Waals surface area contributed by atoms with Gasteiger partial charge in [0.1, 0.15) is 0 Å². The molecule has 0 fully saturated rings. The van der Waals surface area contributed by atoms with Gasteiger partial charge in [-0.25, -0.2) is 0 Å². The van der Waals surface area contributed by atoms with Gasteiger partial charge in [-0.2, -0.15) is 0 Å². The van der Waals surface area contributed by atoms with Crippen molar-refractivity contribution in [3.05, 3.63) is 23.8 Å². The van der Waals surface area contributed by atoms with E-state index in [0.29, 0.717) is 5.92 Å². The predicted molar refractivity (Wildman–Crippen MR) is 58.9 cm³/mol. The summed E-state index contributed by atoms with van der Waals surface area (Å²) in [5.41, 5.74) is 8.95. The Morgan fingerprint density at radius 2 is 2.08 bits per heavy atom. The fourth-order valence-corrected chi connectivity index (χ4v) is 1.15. The van der Waals surface area contributed by atoms with Crippen LogP contribution in [0.5, 0.6) is 0 Å². The van der Waals surface area contributed by atoms with E-state index in [2.05, 4.69) is 19.2 Å². The molecule has 0 bridgehead atoms.